The lowest BCUT2D eigenvalue weighted by atomic mass is 9.92. The van der Waals surface area contributed by atoms with Crippen LogP contribution in [0, 0.1) is 6.92 Å². The van der Waals surface area contributed by atoms with Gasteiger partial charge in [-0.3, -0.25) is 0 Å². The average molecular weight is 354 g/mol. The Morgan fingerprint density at radius 1 is 0.926 bits per heavy atom. The van der Waals surface area contributed by atoms with E-state index in [1.54, 1.807) is 0 Å². The molecule has 4 nitrogen and oxygen atoms in total. The largest absolute Gasteiger partial charge is 0.488 e. The monoisotopic (exact) mass is 354 g/mol. The van der Waals surface area contributed by atoms with Gasteiger partial charge in [0.1, 0.15) is 12.4 Å². The zero-order valence-corrected chi connectivity index (χ0v) is 14.9. The Morgan fingerprint density at radius 3 is 2.70 bits per heavy atom. The second-order valence-corrected chi connectivity index (χ2v) is 6.89. The fourth-order valence-electron chi connectivity index (χ4n) is 3.64. The topological polar surface area (TPSA) is 57.9 Å². The molecule has 0 radical (unpaired) electrons. The Balaban J connectivity index is 1.75. The maximum Gasteiger partial charge on any atom is 0.323 e. The molecule has 0 bridgehead atoms. The minimum absolute atomic E-state index is 0.191. The SMILES string of the molecule is Cc1ccc2c(c1)OCc1ccccc1/C2=C\c1ccc2[nH]c(=O)[nH]c2c1. The number of H-pyrrole nitrogens is 2. The maximum atomic E-state index is 11.6. The molecule has 4 heteroatoms. The van der Waals surface area contributed by atoms with Crippen molar-refractivity contribution >= 4 is 22.7 Å². The van der Waals surface area contributed by atoms with Crippen molar-refractivity contribution in [1.82, 2.24) is 9.97 Å². The van der Waals surface area contributed by atoms with Crippen LogP contribution in [-0.2, 0) is 6.61 Å². The normalized spacial score (nSPS) is 14.5. The Bertz CT molecular complexity index is 1260. The van der Waals surface area contributed by atoms with Gasteiger partial charge in [0.05, 0.1) is 11.0 Å². The van der Waals surface area contributed by atoms with E-state index in [9.17, 15) is 4.79 Å². The number of aromatic nitrogens is 2. The van der Waals surface area contributed by atoms with E-state index < -0.39 is 0 Å². The Hall–Kier alpha value is -3.53. The second-order valence-electron chi connectivity index (χ2n) is 6.89. The number of hydrogen-bond donors (Lipinski definition) is 2. The molecule has 27 heavy (non-hydrogen) atoms. The number of aromatic amines is 2. The molecule has 0 saturated heterocycles. The summed E-state index contributed by atoms with van der Waals surface area (Å²) >= 11 is 0. The highest BCUT2D eigenvalue weighted by Crippen LogP contribution is 2.38. The summed E-state index contributed by atoms with van der Waals surface area (Å²) in [5.74, 6) is 0.897. The molecule has 1 aliphatic heterocycles. The summed E-state index contributed by atoms with van der Waals surface area (Å²) in [5.41, 5.74) is 8.14. The van der Waals surface area contributed by atoms with Crippen LogP contribution in [-0.4, -0.2) is 9.97 Å². The number of hydrogen-bond acceptors (Lipinski definition) is 2. The highest BCUT2D eigenvalue weighted by molar-refractivity contribution is 5.95. The highest BCUT2D eigenvalue weighted by Gasteiger charge is 2.19. The first-order chi connectivity index (χ1) is 13.2. The van der Waals surface area contributed by atoms with Gasteiger partial charge in [0.2, 0.25) is 0 Å². The molecule has 0 spiro atoms. The van der Waals surface area contributed by atoms with Crippen LogP contribution >= 0.6 is 0 Å². The smallest absolute Gasteiger partial charge is 0.323 e. The first kappa shape index (κ1) is 15.7. The fraction of sp³-hybridized carbons (Fsp3) is 0.0870. The van der Waals surface area contributed by atoms with Crippen molar-refractivity contribution < 1.29 is 4.74 Å². The average Bonchev–Trinajstić information content (AvgIpc) is 2.97. The van der Waals surface area contributed by atoms with Gasteiger partial charge < -0.3 is 14.7 Å². The summed E-state index contributed by atoms with van der Waals surface area (Å²) in [6, 6.07) is 20.6. The van der Waals surface area contributed by atoms with E-state index >= 15 is 0 Å². The van der Waals surface area contributed by atoms with Gasteiger partial charge in [0, 0.05) is 5.56 Å². The molecule has 0 fully saturated rings. The zero-order valence-electron chi connectivity index (χ0n) is 14.9. The first-order valence-electron chi connectivity index (χ1n) is 8.93. The lowest BCUT2D eigenvalue weighted by Crippen LogP contribution is -1.99. The molecule has 3 aromatic carbocycles. The predicted molar refractivity (Wildman–Crippen MR) is 108 cm³/mol. The van der Waals surface area contributed by atoms with Crippen molar-refractivity contribution in [3.8, 4) is 5.75 Å². The van der Waals surface area contributed by atoms with E-state index in [-0.39, 0.29) is 5.69 Å². The van der Waals surface area contributed by atoms with Crippen LogP contribution in [0.25, 0.3) is 22.7 Å². The van der Waals surface area contributed by atoms with E-state index in [0.717, 1.165) is 39.0 Å². The van der Waals surface area contributed by atoms with Crippen molar-refractivity contribution in [2.24, 2.45) is 0 Å². The van der Waals surface area contributed by atoms with Gasteiger partial charge in [-0.05, 0) is 59.0 Å². The number of nitrogens with one attached hydrogen (secondary N) is 2. The molecular formula is C23H18N2O2. The number of ether oxygens (including phenoxy) is 1. The maximum absolute atomic E-state index is 11.6. The van der Waals surface area contributed by atoms with Crippen molar-refractivity contribution in [2.75, 3.05) is 0 Å². The molecule has 2 N–H and O–H groups in total. The van der Waals surface area contributed by atoms with Gasteiger partial charge in [-0.25, -0.2) is 4.79 Å². The molecule has 1 aliphatic rings. The summed E-state index contributed by atoms with van der Waals surface area (Å²) in [6.45, 7) is 2.62. The van der Waals surface area contributed by atoms with E-state index in [1.807, 2.05) is 24.3 Å². The van der Waals surface area contributed by atoms with Crippen LogP contribution in [0.4, 0.5) is 0 Å². The molecule has 1 aromatic heterocycles. The molecule has 4 aromatic rings. The standard InChI is InChI=1S/C23H18N2O2/c1-14-6-8-18-19(11-15-7-9-20-21(12-15)25-23(26)24-20)17-5-3-2-4-16(17)13-27-22(18)10-14/h2-12H,13H2,1H3,(H2,24,25,26)/b19-11+. The van der Waals surface area contributed by atoms with Crippen molar-refractivity contribution in [2.45, 2.75) is 13.5 Å². The van der Waals surface area contributed by atoms with Gasteiger partial charge in [-0.15, -0.1) is 0 Å². The third-order valence-corrected chi connectivity index (χ3v) is 4.97. The molecular weight excluding hydrogens is 336 g/mol. The van der Waals surface area contributed by atoms with E-state index in [4.69, 9.17) is 4.74 Å². The van der Waals surface area contributed by atoms with Crippen molar-refractivity contribution in [3.63, 3.8) is 0 Å². The minimum Gasteiger partial charge on any atom is -0.488 e. The van der Waals surface area contributed by atoms with Crippen LogP contribution in [0.1, 0.15) is 27.8 Å². The van der Waals surface area contributed by atoms with E-state index in [1.165, 1.54) is 11.1 Å². The molecule has 0 amide bonds. The van der Waals surface area contributed by atoms with Crippen molar-refractivity contribution in [1.29, 1.82) is 0 Å². The number of aryl methyl sites for hydroxylation is 1. The van der Waals surface area contributed by atoms with Crippen LogP contribution in [0.2, 0.25) is 0 Å². The van der Waals surface area contributed by atoms with Gasteiger partial charge in [-0.2, -0.15) is 0 Å². The highest BCUT2D eigenvalue weighted by atomic mass is 16.5. The Kier molecular flexibility index (Phi) is 3.50. The van der Waals surface area contributed by atoms with Gasteiger partial charge in [-0.1, -0.05) is 42.5 Å². The summed E-state index contributed by atoms with van der Waals surface area (Å²) in [4.78, 5) is 17.2. The number of fused-ring (bicyclic) bond motifs is 3. The van der Waals surface area contributed by atoms with Crippen molar-refractivity contribution in [3.05, 3.63) is 99.0 Å². The minimum atomic E-state index is -0.191. The number of rotatable bonds is 1. The lowest BCUT2D eigenvalue weighted by molar-refractivity contribution is 0.307. The van der Waals surface area contributed by atoms with E-state index in [2.05, 4.69) is 59.4 Å². The number of benzene rings is 3. The molecule has 5 rings (SSSR count). The molecule has 2 heterocycles. The fourth-order valence-corrected chi connectivity index (χ4v) is 3.64. The quantitative estimate of drug-likeness (QED) is 0.523. The summed E-state index contributed by atoms with van der Waals surface area (Å²) < 4.78 is 6.10. The summed E-state index contributed by atoms with van der Waals surface area (Å²) in [6.07, 6.45) is 2.16. The van der Waals surface area contributed by atoms with Gasteiger partial charge in [0.15, 0.2) is 0 Å². The van der Waals surface area contributed by atoms with Crippen LogP contribution in [0.15, 0.2) is 65.5 Å². The molecule has 0 unspecified atom stereocenters. The zero-order chi connectivity index (χ0) is 18.4. The third-order valence-electron chi connectivity index (χ3n) is 4.97. The molecule has 132 valence electrons. The predicted octanol–water partition coefficient (Wildman–Crippen LogP) is 4.65. The molecule has 0 aliphatic carbocycles. The first-order valence-corrected chi connectivity index (χ1v) is 8.93. The number of imidazole rings is 1. The van der Waals surface area contributed by atoms with Gasteiger partial charge in [0.25, 0.3) is 0 Å². The van der Waals surface area contributed by atoms with E-state index in [0.29, 0.717) is 6.61 Å². The Morgan fingerprint density at radius 2 is 1.78 bits per heavy atom. The summed E-state index contributed by atoms with van der Waals surface area (Å²) in [5, 5.41) is 0. The van der Waals surface area contributed by atoms with Crippen LogP contribution in [0.3, 0.4) is 0 Å². The Labute approximate surface area is 156 Å². The third kappa shape index (κ3) is 2.75. The second kappa shape index (κ2) is 6.02. The molecule has 0 atom stereocenters. The summed E-state index contributed by atoms with van der Waals surface area (Å²) in [7, 11) is 0. The lowest BCUT2D eigenvalue weighted by Gasteiger charge is -2.11. The van der Waals surface area contributed by atoms with Crippen LogP contribution < -0.4 is 10.4 Å². The van der Waals surface area contributed by atoms with Crippen LogP contribution in [0.5, 0.6) is 5.75 Å². The molecule has 0 saturated carbocycles. The van der Waals surface area contributed by atoms with Gasteiger partial charge >= 0.3 is 5.69 Å².